The fourth-order valence-corrected chi connectivity index (χ4v) is 3.93. The number of aromatic nitrogens is 3. The summed E-state index contributed by atoms with van der Waals surface area (Å²) in [6.07, 6.45) is 1.97. The van der Waals surface area contributed by atoms with Gasteiger partial charge in [-0.1, -0.05) is 54.2 Å². The molecule has 1 aliphatic rings. The second-order valence-electron chi connectivity index (χ2n) is 6.20. The van der Waals surface area contributed by atoms with Gasteiger partial charge in [-0.25, -0.2) is 4.39 Å². The van der Waals surface area contributed by atoms with Crippen molar-refractivity contribution in [3.8, 4) is 11.4 Å². The van der Waals surface area contributed by atoms with Gasteiger partial charge in [0.25, 0.3) is 0 Å². The van der Waals surface area contributed by atoms with Gasteiger partial charge in [0.15, 0.2) is 11.0 Å². The number of hydrogen-bond donors (Lipinski definition) is 1. The molecule has 0 bridgehead atoms. The van der Waals surface area contributed by atoms with E-state index in [1.54, 1.807) is 18.2 Å². The molecule has 0 saturated heterocycles. The van der Waals surface area contributed by atoms with E-state index in [2.05, 4.69) is 10.2 Å². The number of nitrogens with two attached hydrogens (primary N) is 1. The Kier molecular flexibility index (Phi) is 4.46. The van der Waals surface area contributed by atoms with E-state index in [4.69, 9.17) is 5.73 Å². The van der Waals surface area contributed by atoms with Crippen molar-refractivity contribution in [2.45, 2.75) is 29.3 Å². The molecular weight excluding hydrogens is 351 g/mol. The molecule has 0 aliphatic heterocycles. The lowest BCUT2D eigenvalue weighted by atomic mass is 10.1. The molecule has 132 valence electrons. The van der Waals surface area contributed by atoms with Crippen LogP contribution in [-0.4, -0.2) is 20.7 Å². The van der Waals surface area contributed by atoms with Crippen LogP contribution in [0, 0.1) is 5.82 Å². The summed E-state index contributed by atoms with van der Waals surface area (Å²) in [6.45, 7) is 0. The van der Waals surface area contributed by atoms with Crippen LogP contribution in [0.5, 0.6) is 0 Å². The van der Waals surface area contributed by atoms with Crippen LogP contribution >= 0.6 is 11.8 Å². The molecule has 1 saturated carbocycles. The zero-order chi connectivity index (χ0) is 18.1. The Bertz CT molecular complexity index is 940. The standard InChI is InChI=1S/C19H17FN4OS/c20-15-9-5-4-8-14(15)18-22-23-19(24(18)13-10-11-13)26-16(17(21)25)12-6-2-1-3-7-12/h1-9,13,16H,10-11H2,(H2,21,25)/t16-/m0/s1. The van der Waals surface area contributed by atoms with Crippen molar-refractivity contribution < 1.29 is 9.18 Å². The zero-order valence-electron chi connectivity index (χ0n) is 13.9. The molecule has 1 aromatic heterocycles. The predicted octanol–water partition coefficient (Wildman–Crippen LogP) is 3.74. The summed E-state index contributed by atoms with van der Waals surface area (Å²) in [5.74, 6) is -0.295. The van der Waals surface area contributed by atoms with Crippen LogP contribution in [0.3, 0.4) is 0 Å². The van der Waals surface area contributed by atoms with Gasteiger partial charge in [0.1, 0.15) is 11.1 Å². The molecular formula is C19H17FN4OS. The molecule has 1 atom stereocenters. The lowest BCUT2D eigenvalue weighted by Gasteiger charge is -2.14. The molecule has 4 rings (SSSR count). The molecule has 1 aliphatic carbocycles. The minimum Gasteiger partial charge on any atom is -0.368 e. The third-order valence-electron chi connectivity index (χ3n) is 4.28. The summed E-state index contributed by atoms with van der Waals surface area (Å²) >= 11 is 1.26. The summed E-state index contributed by atoms with van der Waals surface area (Å²) < 4.78 is 16.2. The van der Waals surface area contributed by atoms with Gasteiger partial charge >= 0.3 is 0 Å². The van der Waals surface area contributed by atoms with E-state index in [0.717, 1.165) is 18.4 Å². The predicted molar refractivity (Wildman–Crippen MR) is 97.9 cm³/mol. The first-order valence-corrected chi connectivity index (χ1v) is 9.24. The van der Waals surface area contributed by atoms with Gasteiger partial charge in [-0.05, 0) is 30.5 Å². The number of hydrogen-bond acceptors (Lipinski definition) is 4. The maximum atomic E-state index is 14.2. The Hall–Kier alpha value is -2.67. The quantitative estimate of drug-likeness (QED) is 0.673. The molecule has 5 nitrogen and oxygen atoms in total. The molecule has 2 aromatic carbocycles. The number of primary amides is 1. The monoisotopic (exact) mass is 368 g/mol. The average Bonchev–Trinajstić information content (AvgIpc) is 3.40. The largest absolute Gasteiger partial charge is 0.368 e. The van der Waals surface area contributed by atoms with Crippen LogP contribution in [0.2, 0.25) is 0 Å². The lowest BCUT2D eigenvalue weighted by molar-refractivity contribution is -0.117. The van der Waals surface area contributed by atoms with E-state index in [-0.39, 0.29) is 11.9 Å². The number of amides is 1. The summed E-state index contributed by atoms with van der Waals surface area (Å²) in [7, 11) is 0. The van der Waals surface area contributed by atoms with Crippen molar-refractivity contribution in [3.63, 3.8) is 0 Å². The minimum atomic E-state index is -0.577. The second kappa shape index (κ2) is 6.92. The first-order chi connectivity index (χ1) is 12.6. The molecule has 3 aromatic rings. The van der Waals surface area contributed by atoms with E-state index in [0.29, 0.717) is 16.5 Å². The van der Waals surface area contributed by atoms with Gasteiger partial charge in [0, 0.05) is 6.04 Å². The van der Waals surface area contributed by atoms with Crippen LogP contribution in [0.4, 0.5) is 4.39 Å². The van der Waals surface area contributed by atoms with E-state index in [1.807, 2.05) is 34.9 Å². The Morgan fingerprint density at radius 1 is 1.12 bits per heavy atom. The highest BCUT2D eigenvalue weighted by Gasteiger charge is 2.33. The van der Waals surface area contributed by atoms with Crippen LogP contribution < -0.4 is 5.73 Å². The van der Waals surface area contributed by atoms with Gasteiger partial charge in [-0.2, -0.15) is 0 Å². The number of carbonyl (C=O) groups is 1. The lowest BCUT2D eigenvalue weighted by Crippen LogP contribution is -2.19. The van der Waals surface area contributed by atoms with Crippen molar-refractivity contribution in [2.75, 3.05) is 0 Å². The highest BCUT2D eigenvalue weighted by Crippen LogP contribution is 2.44. The molecule has 0 radical (unpaired) electrons. The zero-order valence-corrected chi connectivity index (χ0v) is 14.7. The van der Waals surface area contributed by atoms with Gasteiger partial charge in [-0.15, -0.1) is 10.2 Å². The summed E-state index contributed by atoms with van der Waals surface area (Å²) in [6, 6.07) is 16.1. The van der Waals surface area contributed by atoms with E-state index >= 15 is 0 Å². The third kappa shape index (κ3) is 3.22. The van der Waals surface area contributed by atoms with E-state index < -0.39 is 11.2 Å². The first kappa shape index (κ1) is 16.8. The van der Waals surface area contributed by atoms with Crippen molar-refractivity contribution in [2.24, 2.45) is 5.73 Å². The van der Waals surface area contributed by atoms with Gasteiger partial charge in [-0.3, -0.25) is 9.36 Å². The average molecular weight is 368 g/mol. The van der Waals surface area contributed by atoms with Gasteiger partial charge in [0.2, 0.25) is 5.91 Å². The normalized spacial score (nSPS) is 15.0. The highest BCUT2D eigenvalue weighted by atomic mass is 32.2. The third-order valence-corrected chi connectivity index (χ3v) is 5.50. The summed E-state index contributed by atoms with van der Waals surface area (Å²) in [5.41, 5.74) is 6.84. The molecule has 1 amide bonds. The fourth-order valence-electron chi connectivity index (χ4n) is 2.87. The van der Waals surface area contributed by atoms with Crippen molar-refractivity contribution in [1.29, 1.82) is 0 Å². The second-order valence-corrected chi connectivity index (χ2v) is 7.27. The number of halogens is 1. The summed E-state index contributed by atoms with van der Waals surface area (Å²) in [4.78, 5) is 12.0. The summed E-state index contributed by atoms with van der Waals surface area (Å²) in [5, 5.41) is 8.46. The molecule has 2 N–H and O–H groups in total. The highest BCUT2D eigenvalue weighted by molar-refractivity contribution is 8.00. The van der Waals surface area contributed by atoms with Crippen molar-refractivity contribution in [3.05, 3.63) is 66.0 Å². The Labute approximate surface area is 154 Å². The van der Waals surface area contributed by atoms with Crippen LogP contribution in [0.1, 0.15) is 29.7 Å². The smallest absolute Gasteiger partial charge is 0.235 e. The molecule has 0 spiro atoms. The van der Waals surface area contributed by atoms with Crippen LogP contribution in [-0.2, 0) is 4.79 Å². The molecule has 7 heteroatoms. The molecule has 1 heterocycles. The number of rotatable bonds is 6. The van der Waals surface area contributed by atoms with Crippen LogP contribution in [0.25, 0.3) is 11.4 Å². The van der Waals surface area contributed by atoms with Crippen molar-refractivity contribution in [1.82, 2.24) is 14.8 Å². The van der Waals surface area contributed by atoms with Crippen LogP contribution in [0.15, 0.2) is 59.8 Å². The Morgan fingerprint density at radius 2 is 1.81 bits per heavy atom. The van der Waals surface area contributed by atoms with Gasteiger partial charge in [0.05, 0.1) is 5.56 Å². The van der Waals surface area contributed by atoms with E-state index in [1.165, 1.54) is 17.8 Å². The minimum absolute atomic E-state index is 0.228. The van der Waals surface area contributed by atoms with E-state index in [9.17, 15) is 9.18 Å². The molecule has 26 heavy (non-hydrogen) atoms. The Balaban J connectivity index is 1.73. The SMILES string of the molecule is NC(=O)[C@@H](Sc1nnc(-c2ccccc2F)n1C1CC1)c1ccccc1. The molecule has 0 unspecified atom stereocenters. The fraction of sp³-hybridized carbons (Fsp3) is 0.211. The van der Waals surface area contributed by atoms with Crippen molar-refractivity contribution >= 4 is 17.7 Å². The number of benzene rings is 2. The number of nitrogens with zero attached hydrogens (tertiary/aromatic N) is 3. The number of carbonyl (C=O) groups excluding carboxylic acids is 1. The topological polar surface area (TPSA) is 73.8 Å². The molecule has 1 fully saturated rings. The Morgan fingerprint density at radius 3 is 2.46 bits per heavy atom. The number of thioether (sulfide) groups is 1. The van der Waals surface area contributed by atoms with Gasteiger partial charge < -0.3 is 5.73 Å². The maximum Gasteiger partial charge on any atom is 0.235 e. The first-order valence-electron chi connectivity index (χ1n) is 8.36. The maximum absolute atomic E-state index is 14.2.